The first-order valence-electron chi connectivity index (χ1n) is 9.17. The number of carbonyl (C=O) groups excluding carboxylic acids is 1. The zero-order valence-corrected chi connectivity index (χ0v) is 16.2. The third kappa shape index (κ3) is 3.75. The Kier molecular flexibility index (Phi) is 5.11. The van der Waals surface area contributed by atoms with Gasteiger partial charge in [-0.2, -0.15) is 0 Å². The second kappa shape index (κ2) is 8.02. The van der Waals surface area contributed by atoms with Crippen LogP contribution in [0.2, 0.25) is 0 Å². The maximum atomic E-state index is 13.0. The minimum Gasteiger partial charge on any atom is -0.496 e. The third-order valence-corrected chi connectivity index (χ3v) is 4.77. The minimum absolute atomic E-state index is 0.193. The van der Waals surface area contributed by atoms with E-state index >= 15 is 0 Å². The highest BCUT2D eigenvalue weighted by Crippen LogP contribution is 2.29. The summed E-state index contributed by atoms with van der Waals surface area (Å²) in [5.74, 6) is 1.22. The van der Waals surface area contributed by atoms with Gasteiger partial charge in [-0.1, -0.05) is 18.2 Å². The number of aryl methyl sites for hydroxylation is 1. The van der Waals surface area contributed by atoms with Crippen molar-refractivity contribution >= 4 is 5.91 Å². The van der Waals surface area contributed by atoms with Gasteiger partial charge in [-0.15, -0.1) is 0 Å². The van der Waals surface area contributed by atoms with E-state index in [0.29, 0.717) is 11.3 Å². The van der Waals surface area contributed by atoms with Gasteiger partial charge < -0.3 is 19.2 Å². The Balaban J connectivity index is 1.64. The number of carbonyl (C=O) groups is 1. The number of nitrogens with one attached hydrogen (secondary N) is 1. The molecule has 4 rings (SSSR count). The molecule has 1 amide bonds. The highest BCUT2D eigenvalue weighted by molar-refractivity contribution is 5.94. The normalized spacial score (nSPS) is 11.8. The molecule has 2 heterocycles. The quantitative estimate of drug-likeness (QED) is 0.552. The van der Waals surface area contributed by atoms with E-state index in [4.69, 9.17) is 4.74 Å². The van der Waals surface area contributed by atoms with E-state index in [1.165, 1.54) is 0 Å². The van der Waals surface area contributed by atoms with Crippen LogP contribution in [-0.4, -0.2) is 32.1 Å². The number of benzene rings is 2. The van der Waals surface area contributed by atoms with Gasteiger partial charge in [0.05, 0.1) is 13.4 Å². The van der Waals surface area contributed by atoms with Gasteiger partial charge in [-0.3, -0.25) is 4.79 Å². The molecule has 7 heteroatoms. The summed E-state index contributed by atoms with van der Waals surface area (Å²) in [6, 6.07) is 14.5. The zero-order chi connectivity index (χ0) is 20.2. The Labute approximate surface area is 168 Å². The number of nitrogens with zero attached hydrogens (tertiary/aromatic N) is 4. The molecule has 4 aromatic rings. The average molecular weight is 387 g/mol. The molecule has 7 nitrogen and oxygen atoms in total. The van der Waals surface area contributed by atoms with Gasteiger partial charge >= 0.3 is 0 Å². The fraction of sp³-hybridized carbons (Fsp3) is 0.136. The molecule has 0 spiro atoms. The number of hydrogen-bond acceptors (Lipinski definition) is 4. The molecular weight excluding hydrogens is 366 g/mol. The first kappa shape index (κ1) is 18.5. The number of methoxy groups -OCH3 is 1. The lowest BCUT2D eigenvalue weighted by molar-refractivity contribution is 0.0941. The molecule has 1 unspecified atom stereocenters. The summed E-state index contributed by atoms with van der Waals surface area (Å²) >= 11 is 0. The van der Waals surface area contributed by atoms with Gasteiger partial charge in [0, 0.05) is 48.6 Å². The summed E-state index contributed by atoms with van der Waals surface area (Å²) in [5.41, 5.74) is 2.33. The van der Waals surface area contributed by atoms with E-state index in [-0.39, 0.29) is 5.91 Å². The largest absolute Gasteiger partial charge is 0.496 e. The topological polar surface area (TPSA) is 74.0 Å². The van der Waals surface area contributed by atoms with Gasteiger partial charge in [0.25, 0.3) is 5.91 Å². The fourth-order valence-electron chi connectivity index (χ4n) is 3.25. The lowest BCUT2D eigenvalue weighted by atomic mass is 10.0. The summed E-state index contributed by atoms with van der Waals surface area (Å²) in [5, 5.41) is 3.10. The van der Waals surface area contributed by atoms with Gasteiger partial charge in [0.15, 0.2) is 0 Å². The van der Waals surface area contributed by atoms with Crippen LogP contribution in [0.1, 0.15) is 27.8 Å². The molecule has 0 saturated carbocycles. The molecule has 2 aromatic carbocycles. The van der Waals surface area contributed by atoms with Gasteiger partial charge in [0.2, 0.25) is 0 Å². The lowest BCUT2D eigenvalue weighted by Crippen LogP contribution is -2.31. The Morgan fingerprint density at radius 1 is 1.07 bits per heavy atom. The summed E-state index contributed by atoms with van der Waals surface area (Å²) in [6.45, 7) is 0. The van der Waals surface area contributed by atoms with Gasteiger partial charge in [-0.25, -0.2) is 9.97 Å². The molecular formula is C22H21N5O2. The van der Waals surface area contributed by atoms with Crippen LogP contribution in [0, 0.1) is 0 Å². The van der Waals surface area contributed by atoms with Crippen molar-refractivity contribution in [1.82, 2.24) is 24.4 Å². The predicted molar refractivity (Wildman–Crippen MR) is 109 cm³/mol. The molecule has 0 saturated heterocycles. The number of amides is 1. The summed E-state index contributed by atoms with van der Waals surface area (Å²) < 4.78 is 9.28. The Hall–Kier alpha value is -3.87. The average Bonchev–Trinajstić information content (AvgIpc) is 3.44. The minimum atomic E-state index is -0.452. The molecule has 1 atom stereocenters. The highest BCUT2D eigenvalue weighted by Gasteiger charge is 2.24. The van der Waals surface area contributed by atoms with Crippen molar-refractivity contribution in [2.75, 3.05) is 7.11 Å². The number of rotatable bonds is 6. The zero-order valence-electron chi connectivity index (χ0n) is 16.2. The molecule has 0 fully saturated rings. The van der Waals surface area contributed by atoms with Crippen LogP contribution < -0.4 is 10.1 Å². The van der Waals surface area contributed by atoms with E-state index in [1.807, 2.05) is 65.0 Å². The molecule has 2 aromatic heterocycles. The Bertz CT molecular complexity index is 1100. The highest BCUT2D eigenvalue weighted by atomic mass is 16.5. The van der Waals surface area contributed by atoms with Crippen LogP contribution in [0.25, 0.3) is 5.69 Å². The molecule has 0 bridgehead atoms. The van der Waals surface area contributed by atoms with E-state index in [2.05, 4.69) is 15.3 Å². The van der Waals surface area contributed by atoms with Crippen LogP contribution in [-0.2, 0) is 7.05 Å². The Morgan fingerprint density at radius 2 is 1.86 bits per heavy atom. The van der Waals surface area contributed by atoms with Gasteiger partial charge in [-0.05, 0) is 30.3 Å². The van der Waals surface area contributed by atoms with Crippen molar-refractivity contribution in [3.63, 3.8) is 0 Å². The molecule has 0 aliphatic heterocycles. The fourth-order valence-corrected chi connectivity index (χ4v) is 3.25. The van der Waals surface area contributed by atoms with Gasteiger partial charge in [0.1, 0.15) is 17.6 Å². The van der Waals surface area contributed by atoms with Crippen molar-refractivity contribution < 1.29 is 9.53 Å². The summed E-state index contributed by atoms with van der Waals surface area (Å²) in [7, 11) is 3.52. The molecule has 1 N–H and O–H groups in total. The van der Waals surface area contributed by atoms with Crippen LogP contribution in [0.15, 0.2) is 79.6 Å². The maximum Gasteiger partial charge on any atom is 0.252 e. The number of hydrogen-bond donors (Lipinski definition) is 1. The molecule has 146 valence electrons. The van der Waals surface area contributed by atoms with Crippen LogP contribution in [0.3, 0.4) is 0 Å². The number of imidazole rings is 2. The van der Waals surface area contributed by atoms with Crippen molar-refractivity contribution in [1.29, 1.82) is 0 Å². The van der Waals surface area contributed by atoms with E-state index in [0.717, 1.165) is 17.1 Å². The smallest absolute Gasteiger partial charge is 0.252 e. The van der Waals surface area contributed by atoms with Crippen LogP contribution >= 0.6 is 0 Å². The number of para-hydroxylation sites is 1. The van der Waals surface area contributed by atoms with Crippen molar-refractivity contribution in [3.05, 3.63) is 96.6 Å². The van der Waals surface area contributed by atoms with Crippen LogP contribution in [0.5, 0.6) is 5.75 Å². The lowest BCUT2D eigenvalue weighted by Gasteiger charge is -2.21. The first-order chi connectivity index (χ1) is 14.2. The standard InChI is InChI=1S/C22H21N5O2/c1-26-13-12-24-21(26)20(18-5-3-4-6-19(18)29-2)25-22(28)16-7-9-17(10-8-16)27-14-11-23-15-27/h3-15,20H,1-2H3,(H,25,28). The Morgan fingerprint density at radius 3 is 2.52 bits per heavy atom. The number of aromatic nitrogens is 4. The predicted octanol–water partition coefficient (Wildman–Crippen LogP) is 3.13. The van der Waals surface area contributed by atoms with E-state index < -0.39 is 6.04 Å². The van der Waals surface area contributed by atoms with Crippen molar-refractivity contribution in [2.24, 2.45) is 7.05 Å². The maximum absolute atomic E-state index is 13.0. The molecule has 29 heavy (non-hydrogen) atoms. The second-order valence-electron chi connectivity index (χ2n) is 6.56. The SMILES string of the molecule is COc1ccccc1C(NC(=O)c1ccc(-n2ccnc2)cc1)c1nccn1C. The second-order valence-corrected chi connectivity index (χ2v) is 6.56. The summed E-state index contributed by atoms with van der Waals surface area (Å²) in [6.07, 6.45) is 8.85. The monoisotopic (exact) mass is 387 g/mol. The van der Waals surface area contributed by atoms with Crippen molar-refractivity contribution in [3.8, 4) is 11.4 Å². The molecule has 0 aliphatic rings. The molecule has 0 aliphatic carbocycles. The third-order valence-electron chi connectivity index (χ3n) is 4.77. The molecule has 0 radical (unpaired) electrons. The number of ether oxygens (including phenoxy) is 1. The van der Waals surface area contributed by atoms with E-state index in [1.54, 1.807) is 38.0 Å². The first-order valence-corrected chi connectivity index (χ1v) is 9.17. The van der Waals surface area contributed by atoms with Crippen molar-refractivity contribution in [2.45, 2.75) is 6.04 Å². The van der Waals surface area contributed by atoms with Crippen LogP contribution in [0.4, 0.5) is 0 Å². The van der Waals surface area contributed by atoms with E-state index in [9.17, 15) is 4.79 Å². The summed E-state index contributed by atoms with van der Waals surface area (Å²) in [4.78, 5) is 21.5.